The molecule has 0 atom stereocenters. The number of hydrogen-bond acceptors (Lipinski definition) is 4. The van der Waals surface area contributed by atoms with Gasteiger partial charge in [-0.05, 0) is 23.8 Å². The van der Waals surface area contributed by atoms with Crippen LogP contribution in [0.5, 0.6) is 0 Å². The Labute approximate surface area is 155 Å². The van der Waals surface area contributed by atoms with E-state index in [1.807, 2.05) is 0 Å². The number of alkyl halides is 3. The third kappa shape index (κ3) is 4.30. The second-order valence-corrected chi connectivity index (χ2v) is 6.63. The molecule has 27 heavy (non-hydrogen) atoms. The lowest BCUT2D eigenvalue weighted by Gasteiger charge is -2.12. The molecular formula is C18H13F3N2O3S. The molecule has 0 aliphatic heterocycles. The molecule has 0 radical (unpaired) electrons. The predicted octanol–water partition coefficient (Wildman–Crippen LogP) is 3.79. The molecule has 9 heteroatoms. The molecule has 0 aliphatic rings. The quantitative estimate of drug-likeness (QED) is 0.527. The van der Waals surface area contributed by atoms with Crippen molar-refractivity contribution < 1.29 is 23.1 Å². The first kappa shape index (κ1) is 19.0. The lowest BCUT2D eigenvalue weighted by atomic mass is 10.1. The fourth-order valence-corrected chi connectivity index (χ4v) is 3.46. The van der Waals surface area contributed by atoms with Crippen molar-refractivity contribution in [3.8, 4) is 0 Å². The van der Waals surface area contributed by atoms with E-state index in [1.54, 1.807) is 24.3 Å². The van der Waals surface area contributed by atoms with Gasteiger partial charge in [0.15, 0.2) is 5.16 Å². The fourth-order valence-electron chi connectivity index (χ4n) is 2.52. The van der Waals surface area contributed by atoms with Gasteiger partial charge >= 0.3 is 12.1 Å². The molecule has 3 rings (SSSR count). The minimum Gasteiger partial charge on any atom is -0.480 e. The van der Waals surface area contributed by atoms with Gasteiger partial charge in [0.25, 0.3) is 5.56 Å². The topological polar surface area (TPSA) is 72.2 Å². The third-order valence-corrected chi connectivity index (χ3v) is 4.79. The molecule has 0 amide bonds. The average molecular weight is 394 g/mol. The number of para-hydroxylation sites is 1. The van der Waals surface area contributed by atoms with Crippen LogP contribution >= 0.6 is 11.8 Å². The van der Waals surface area contributed by atoms with E-state index in [9.17, 15) is 22.8 Å². The maximum Gasteiger partial charge on any atom is 0.416 e. The van der Waals surface area contributed by atoms with E-state index in [0.717, 1.165) is 28.5 Å². The Bertz CT molecular complexity index is 1060. The Kier molecular flexibility index (Phi) is 5.22. The molecule has 0 fully saturated rings. The molecule has 140 valence electrons. The van der Waals surface area contributed by atoms with Crippen molar-refractivity contribution in [2.24, 2.45) is 0 Å². The van der Waals surface area contributed by atoms with Crippen LogP contribution in [0.25, 0.3) is 10.9 Å². The molecule has 0 aliphatic carbocycles. The largest absolute Gasteiger partial charge is 0.480 e. The normalized spacial score (nSPS) is 11.7. The van der Waals surface area contributed by atoms with Crippen LogP contribution in [0.3, 0.4) is 0 Å². The van der Waals surface area contributed by atoms with Gasteiger partial charge in [0.2, 0.25) is 0 Å². The summed E-state index contributed by atoms with van der Waals surface area (Å²) in [6.07, 6.45) is -4.45. The number of nitrogens with zero attached hydrogens (tertiary/aromatic N) is 2. The van der Waals surface area contributed by atoms with E-state index in [0.29, 0.717) is 11.1 Å². The first-order valence-corrected chi connectivity index (χ1v) is 8.74. The zero-order valence-corrected chi connectivity index (χ0v) is 14.5. The number of aromatic nitrogens is 2. The summed E-state index contributed by atoms with van der Waals surface area (Å²) < 4.78 is 39.5. The van der Waals surface area contributed by atoms with Crippen LogP contribution in [0.1, 0.15) is 11.1 Å². The minimum atomic E-state index is -4.45. The minimum absolute atomic E-state index is 0.105. The summed E-state index contributed by atoms with van der Waals surface area (Å²) >= 11 is 1.01. The standard InChI is InChI=1S/C18H13F3N2O3S/c19-18(20,21)12-5-3-4-11(8-12)10-27-17-22-14-7-2-1-6-13(14)16(26)23(17)9-15(24)25/h1-8H,9-10H2,(H,24,25). The zero-order valence-electron chi connectivity index (χ0n) is 13.7. The number of carboxylic acids is 1. The molecular weight excluding hydrogens is 381 g/mol. The summed E-state index contributed by atoms with van der Waals surface area (Å²) in [5.41, 5.74) is -0.487. The highest BCUT2D eigenvalue weighted by Gasteiger charge is 2.30. The molecule has 1 aromatic heterocycles. The van der Waals surface area contributed by atoms with Gasteiger partial charge < -0.3 is 5.11 Å². The summed E-state index contributed by atoms with van der Waals surface area (Å²) in [6.45, 7) is -0.582. The number of fused-ring (bicyclic) bond motifs is 1. The molecule has 0 saturated carbocycles. The van der Waals surface area contributed by atoms with Gasteiger partial charge in [-0.3, -0.25) is 14.2 Å². The number of halogens is 3. The number of rotatable bonds is 5. The highest BCUT2D eigenvalue weighted by molar-refractivity contribution is 7.98. The number of hydrogen-bond donors (Lipinski definition) is 1. The van der Waals surface area contributed by atoms with E-state index in [-0.39, 0.29) is 16.3 Å². The van der Waals surface area contributed by atoms with Gasteiger partial charge in [-0.15, -0.1) is 0 Å². The highest BCUT2D eigenvalue weighted by Crippen LogP contribution is 2.31. The molecule has 5 nitrogen and oxygen atoms in total. The van der Waals surface area contributed by atoms with E-state index in [2.05, 4.69) is 4.98 Å². The fraction of sp³-hybridized carbons (Fsp3) is 0.167. The predicted molar refractivity (Wildman–Crippen MR) is 94.6 cm³/mol. The van der Waals surface area contributed by atoms with Crippen molar-refractivity contribution in [2.75, 3.05) is 0 Å². The molecule has 0 unspecified atom stereocenters. The summed E-state index contributed by atoms with van der Waals surface area (Å²) in [5, 5.41) is 9.49. The number of thioether (sulfide) groups is 1. The second-order valence-electron chi connectivity index (χ2n) is 5.68. The van der Waals surface area contributed by atoms with Crippen LogP contribution in [-0.4, -0.2) is 20.6 Å². The summed E-state index contributed by atoms with van der Waals surface area (Å²) in [7, 11) is 0. The average Bonchev–Trinajstić information content (AvgIpc) is 2.62. The van der Waals surface area contributed by atoms with Gasteiger partial charge in [-0.2, -0.15) is 13.2 Å². The SMILES string of the molecule is O=C(O)Cn1c(SCc2cccc(C(F)(F)F)c2)nc2ccccc2c1=O. The van der Waals surface area contributed by atoms with Crippen LogP contribution in [0, 0.1) is 0 Å². The van der Waals surface area contributed by atoms with Gasteiger partial charge in [0, 0.05) is 5.75 Å². The van der Waals surface area contributed by atoms with Crippen molar-refractivity contribution in [2.45, 2.75) is 23.6 Å². The Morgan fingerprint density at radius 1 is 1.15 bits per heavy atom. The van der Waals surface area contributed by atoms with Crippen LogP contribution in [0.4, 0.5) is 13.2 Å². The van der Waals surface area contributed by atoms with Crippen LogP contribution in [0.2, 0.25) is 0 Å². The Hall–Kier alpha value is -2.81. The van der Waals surface area contributed by atoms with Crippen LogP contribution in [-0.2, 0) is 23.3 Å². The van der Waals surface area contributed by atoms with Gasteiger partial charge in [0.1, 0.15) is 6.54 Å². The van der Waals surface area contributed by atoms with E-state index in [4.69, 9.17) is 5.11 Å². The molecule has 1 N–H and O–H groups in total. The summed E-state index contributed by atoms with van der Waals surface area (Å²) in [6, 6.07) is 11.3. The first-order chi connectivity index (χ1) is 12.8. The van der Waals surface area contributed by atoms with Gasteiger partial charge in [-0.1, -0.05) is 42.1 Å². The number of carbonyl (C=O) groups is 1. The van der Waals surface area contributed by atoms with E-state index < -0.39 is 29.8 Å². The Morgan fingerprint density at radius 2 is 1.89 bits per heavy atom. The van der Waals surface area contributed by atoms with Gasteiger partial charge in [0.05, 0.1) is 16.5 Å². The summed E-state index contributed by atoms with van der Waals surface area (Å²) in [4.78, 5) is 28.0. The number of benzene rings is 2. The molecule has 3 aromatic rings. The Balaban J connectivity index is 1.97. The van der Waals surface area contributed by atoms with Crippen LogP contribution < -0.4 is 5.56 Å². The number of aliphatic carboxylic acids is 1. The molecule has 0 spiro atoms. The van der Waals surface area contributed by atoms with Crippen LogP contribution in [0.15, 0.2) is 58.5 Å². The molecule has 2 aromatic carbocycles. The van der Waals surface area contributed by atoms with Crippen molar-refractivity contribution in [1.29, 1.82) is 0 Å². The summed E-state index contributed by atoms with van der Waals surface area (Å²) in [5.74, 6) is -1.11. The first-order valence-electron chi connectivity index (χ1n) is 7.76. The second kappa shape index (κ2) is 7.43. The third-order valence-electron chi connectivity index (χ3n) is 3.74. The Morgan fingerprint density at radius 3 is 2.59 bits per heavy atom. The van der Waals surface area contributed by atoms with Crippen molar-refractivity contribution in [1.82, 2.24) is 9.55 Å². The molecule has 0 bridgehead atoms. The monoisotopic (exact) mass is 394 g/mol. The van der Waals surface area contributed by atoms with Gasteiger partial charge in [-0.25, -0.2) is 4.98 Å². The molecule has 1 heterocycles. The van der Waals surface area contributed by atoms with Crippen molar-refractivity contribution >= 4 is 28.6 Å². The zero-order chi connectivity index (χ0) is 19.6. The van der Waals surface area contributed by atoms with E-state index >= 15 is 0 Å². The maximum absolute atomic E-state index is 12.8. The number of carboxylic acid groups (broad SMARTS) is 1. The van der Waals surface area contributed by atoms with Crippen molar-refractivity contribution in [3.63, 3.8) is 0 Å². The van der Waals surface area contributed by atoms with E-state index in [1.165, 1.54) is 12.1 Å². The van der Waals surface area contributed by atoms with Crippen molar-refractivity contribution in [3.05, 3.63) is 70.0 Å². The lowest BCUT2D eigenvalue weighted by molar-refractivity contribution is -0.138. The maximum atomic E-state index is 12.8. The molecule has 0 saturated heterocycles. The smallest absolute Gasteiger partial charge is 0.416 e. The lowest BCUT2D eigenvalue weighted by Crippen LogP contribution is -2.26. The highest BCUT2D eigenvalue weighted by atomic mass is 32.2.